The molecule has 0 aromatic rings. The number of thioether (sulfide) groups is 1. The van der Waals surface area contributed by atoms with Crippen LogP contribution in [0.1, 0.15) is 20.3 Å². The lowest BCUT2D eigenvalue weighted by molar-refractivity contribution is -0.156. The van der Waals surface area contributed by atoms with E-state index in [1.54, 1.807) is 11.8 Å². The molecule has 0 aliphatic rings. The molecule has 0 aromatic carbocycles. The van der Waals surface area contributed by atoms with Crippen molar-refractivity contribution in [2.45, 2.75) is 31.9 Å². The molecule has 84 valence electrons. The molecule has 0 heterocycles. The van der Waals surface area contributed by atoms with Crippen molar-refractivity contribution in [3.63, 3.8) is 0 Å². The van der Waals surface area contributed by atoms with E-state index in [4.69, 9.17) is 5.11 Å². The van der Waals surface area contributed by atoms with Crippen molar-refractivity contribution in [2.75, 3.05) is 18.6 Å². The molecule has 0 saturated carbocycles. The highest BCUT2D eigenvalue weighted by molar-refractivity contribution is 7.98. The summed E-state index contributed by atoms with van der Waals surface area (Å²) >= 11 is 1.70. The molecule has 0 aliphatic carbocycles. The number of hydrogen-bond acceptors (Lipinski definition) is 4. The molecule has 0 spiro atoms. The van der Waals surface area contributed by atoms with Crippen LogP contribution >= 0.6 is 11.8 Å². The Morgan fingerprint density at radius 1 is 1.64 bits per heavy atom. The fourth-order valence-corrected chi connectivity index (χ4v) is 1.70. The summed E-state index contributed by atoms with van der Waals surface area (Å²) in [4.78, 5) is 10.6. The van der Waals surface area contributed by atoms with Crippen LogP contribution in [0, 0.1) is 0 Å². The van der Waals surface area contributed by atoms with Gasteiger partial charge in [-0.15, -0.1) is 0 Å². The number of nitrogens with one attached hydrogen (secondary N) is 1. The highest BCUT2D eigenvalue weighted by atomic mass is 32.2. The number of carbonyl (C=O) groups is 1. The normalized spacial score (nSPS) is 17.4. The molecule has 2 unspecified atom stereocenters. The highest BCUT2D eigenvalue weighted by Gasteiger charge is 2.29. The molecule has 0 bridgehead atoms. The van der Waals surface area contributed by atoms with Crippen LogP contribution in [-0.2, 0) is 4.79 Å². The standard InChI is InChI=1S/C9H19NO3S/c1-4-7(5-14-3)10-6-9(2,13)8(11)12/h7,10,13H,4-6H2,1-3H3,(H,11,12). The van der Waals surface area contributed by atoms with Crippen LogP contribution in [0.4, 0.5) is 0 Å². The first-order valence-corrected chi connectivity index (χ1v) is 6.01. The fourth-order valence-electron chi connectivity index (χ4n) is 0.941. The minimum atomic E-state index is -1.67. The van der Waals surface area contributed by atoms with E-state index in [0.29, 0.717) is 0 Å². The Labute approximate surface area is 89.1 Å². The van der Waals surface area contributed by atoms with Gasteiger partial charge in [0, 0.05) is 18.3 Å². The van der Waals surface area contributed by atoms with Crippen LogP contribution in [-0.4, -0.2) is 46.4 Å². The Kier molecular flexibility index (Phi) is 6.15. The quantitative estimate of drug-likeness (QED) is 0.586. The average Bonchev–Trinajstić information content (AvgIpc) is 2.12. The van der Waals surface area contributed by atoms with E-state index in [1.165, 1.54) is 6.92 Å². The third-order valence-corrected chi connectivity index (χ3v) is 2.79. The van der Waals surface area contributed by atoms with E-state index in [0.717, 1.165) is 12.2 Å². The largest absolute Gasteiger partial charge is 0.479 e. The van der Waals surface area contributed by atoms with E-state index in [-0.39, 0.29) is 12.6 Å². The molecule has 0 amide bonds. The van der Waals surface area contributed by atoms with Gasteiger partial charge in [-0.2, -0.15) is 11.8 Å². The maximum absolute atomic E-state index is 10.6. The van der Waals surface area contributed by atoms with Gasteiger partial charge in [0.1, 0.15) is 0 Å². The first-order chi connectivity index (χ1) is 6.44. The Balaban J connectivity index is 3.95. The summed E-state index contributed by atoms with van der Waals surface area (Å²) in [5.41, 5.74) is -1.67. The summed E-state index contributed by atoms with van der Waals surface area (Å²) < 4.78 is 0. The van der Waals surface area contributed by atoms with E-state index >= 15 is 0 Å². The van der Waals surface area contributed by atoms with Crippen molar-refractivity contribution in [2.24, 2.45) is 0 Å². The molecule has 5 heteroatoms. The van der Waals surface area contributed by atoms with E-state index < -0.39 is 11.6 Å². The lowest BCUT2D eigenvalue weighted by atomic mass is 10.1. The molecule has 3 N–H and O–H groups in total. The van der Waals surface area contributed by atoms with Gasteiger partial charge in [0.15, 0.2) is 5.60 Å². The van der Waals surface area contributed by atoms with Gasteiger partial charge < -0.3 is 15.5 Å². The zero-order chi connectivity index (χ0) is 11.2. The van der Waals surface area contributed by atoms with Crippen LogP contribution in [0.15, 0.2) is 0 Å². The first kappa shape index (κ1) is 13.7. The molecule has 0 aromatic heterocycles. The van der Waals surface area contributed by atoms with Crippen molar-refractivity contribution in [1.29, 1.82) is 0 Å². The summed E-state index contributed by atoms with van der Waals surface area (Å²) in [5.74, 6) is -0.268. The summed E-state index contributed by atoms with van der Waals surface area (Å²) in [6.07, 6.45) is 2.93. The molecule has 2 atom stereocenters. The van der Waals surface area contributed by atoms with Crippen molar-refractivity contribution in [1.82, 2.24) is 5.32 Å². The van der Waals surface area contributed by atoms with Crippen LogP contribution in [0.2, 0.25) is 0 Å². The summed E-state index contributed by atoms with van der Waals surface area (Å²) in [7, 11) is 0. The van der Waals surface area contributed by atoms with Crippen molar-refractivity contribution < 1.29 is 15.0 Å². The smallest absolute Gasteiger partial charge is 0.336 e. The van der Waals surface area contributed by atoms with Gasteiger partial charge in [-0.05, 0) is 19.6 Å². The van der Waals surface area contributed by atoms with Gasteiger partial charge in [0.25, 0.3) is 0 Å². The van der Waals surface area contributed by atoms with Gasteiger partial charge in [-0.1, -0.05) is 6.92 Å². The molecule has 0 aliphatic heterocycles. The topological polar surface area (TPSA) is 69.6 Å². The monoisotopic (exact) mass is 221 g/mol. The number of carboxylic acid groups (broad SMARTS) is 1. The molecule has 14 heavy (non-hydrogen) atoms. The number of carboxylic acids is 1. The minimum Gasteiger partial charge on any atom is -0.479 e. The Hall–Kier alpha value is -0.260. The second-order valence-electron chi connectivity index (χ2n) is 3.52. The minimum absolute atomic E-state index is 0.0847. The maximum atomic E-state index is 10.6. The van der Waals surface area contributed by atoms with E-state index in [1.807, 2.05) is 13.2 Å². The van der Waals surface area contributed by atoms with Gasteiger partial charge >= 0.3 is 5.97 Å². The zero-order valence-electron chi connectivity index (χ0n) is 8.91. The number of rotatable bonds is 7. The SMILES string of the molecule is CCC(CSC)NCC(C)(O)C(=O)O. The summed E-state index contributed by atoms with van der Waals surface area (Å²) in [6, 6.07) is 0.260. The number of hydrogen-bond donors (Lipinski definition) is 3. The van der Waals surface area contributed by atoms with Crippen molar-refractivity contribution >= 4 is 17.7 Å². The maximum Gasteiger partial charge on any atom is 0.336 e. The molecule has 4 nitrogen and oxygen atoms in total. The Bertz CT molecular complexity index is 185. The third kappa shape index (κ3) is 4.83. The van der Waals surface area contributed by atoms with E-state index in [9.17, 15) is 9.90 Å². The van der Waals surface area contributed by atoms with Crippen molar-refractivity contribution in [3.8, 4) is 0 Å². The molecule has 0 rings (SSSR count). The lowest BCUT2D eigenvalue weighted by Gasteiger charge is -2.22. The van der Waals surface area contributed by atoms with Crippen molar-refractivity contribution in [3.05, 3.63) is 0 Å². The van der Waals surface area contributed by atoms with Crippen LogP contribution in [0.25, 0.3) is 0 Å². The summed E-state index contributed by atoms with van der Waals surface area (Å²) in [5, 5.41) is 21.1. The van der Waals surface area contributed by atoms with Crippen LogP contribution in [0.3, 0.4) is 0 Å². The molecular formula is C9H19NO3S. The Morgan fingerprint density at radius 2 is 2.21 bits per heavy atom. The van der Waals surface area contributed by atoms with Gasteiger partial charge in [-0.25, -0.2) is 4.79 Å². The third-order valence-electron chi connectivity index (χ3n) is 2.06. The predicted molar refractivity (Wildman–Crippen MR) is 58.7 cm³/mol. The van der Waals surface area contributed by atoms with Crippen LogP contribution < -0.4 is 5.32 Å². The average molecular weight is 221 g/mol. The van der Waals surface area contributed by atoms with Gasteiger partial charge in [-0.3, -0.25) is 0 Å². The number of aliphatic hydroxyl groups is 1. The van der Waals surface area contributed by atoms with Crippen LogP contribution in [0.5, 0.6) is 0 Å². The fraction of sp³-hybridized carbons (Fsp3) is 0.889. The summed E-state index contributed by atoms with van der Waals surface area (Å²) in [6.45, 7) is 3.42. The zero-order valence-corrected chi connectivity index (χ0v) is 9.73. The van der Waals surface area contributed by atoms with Gasteiger partial charge in [0.2, 0.25) is 0 Å². The van der Waals surface area contributed by atoms with Gasteiger partial charge in [0.05, 0.1) is 0 Å². The van der Waals surface area contributed by atoms with E-state index in [2.05, 4.69) is 5.32 Å². The molecule has 0 fully saturated rings. The lowest BCUT2D eigenvalue weighted by Crippen LogP contribution is -2.48. The highest BCUT2D eigenvalue weighted by Crippen LogP contribution is 2.05. The Morgan fingerprint density at radius 3 is 2.57 bits per heavy atom. The predicted octanol–water partition coefficient (Wildman–Crippen LogP) is 0.553. The first-order valence-electron chi connectivity index (χ1n) is 4.62. The number of aliphatic carboxylic acids is 1. The molecular weight excluding hydrogens is 202 g/mol. The second kappa shape index (κ2) is 6.27. The second-order valence-corrected chi connectivity index (χ2v) is 4.43. The molecule has 0 radical (unpaired) electrons. The molecule has 0 saturated heterocycles.